The Kier molecular flexibility index (Phi) is 4.34. The molecule has 1 aromatic rings. The predicted octanol–water partition coefficient (Wildman–Crippen LogP) is 3.21. The van der Waals surface area contributed by atoms with Crippen molar-refractivity contribution in [2.24, 2.45) is 5.92 Å². The molecule has 0 amide bonds. The molecule has 1 heteroatoms. The number of hydrogen-bond acceptors (Lipinski definition) is 1. The zero-order chi connectivity index (χ0) is 11.3. The summed E-state index contributed by atoms with van der Waals surface area (Å²) < 4.78 is 0. The topological polar surface area (TPSA) is 12.0 Å². The van der Waals surface area contributed by atoms with Gasteiger partial charge in [-0.15, -0.1) is 0 Å². The van der Waals surface area contributed by atoms with Crippen molar-refractivity contribution in [1.29, 1.82) is 0 Å². The van der Waals surface area contributed by atoms with Crippen LogP contribution in [0.15, 0.2) is 30.3 Å². The summed E-state index contributed by atoms with van der Waals surface area (Å²) in [4.78, 5) is 0. The molecule has 0 heterocycles. The molecule has 15 heavy (non-hydrogen) atoms. The summed E-state index contributed by atoms with van der Waals surface area (Å²) in [5.74, 6) is 0.650. The second-order valence-electron chi connectivity index (χ2n) is 4.56. The van der Waals surface area contributed by atoms with E-state index in [-0.39, 0.29) is 5.41 Å². The van der Waals surface area contributed by atoms with E-state index in [2.05, 4.69) is 56.4 Å². The number of likely N-dealkylation sites (N-methyl/N-ethyl adjacent to an activating group) is 1. The Bertz CT molecular complexity index is 279. The van der Waals surface area contributed by atoms with Crippen molar-refractivity contribution < 1.29 is 0 Å². The minimum Gasteiger partial charge on any atom is -0.319 e. The highest BCUT2D eigenvalue weighted by Gasteiger charge is 2.32. The molecule has 0 bridgehead atoms. The molecule has 1 aromatic carbocycles. The van der Waals surface area contributed by atoms with E-state index in [1.807, 2.05) is 7.05 Å². The minimum absolute atomic E-state index is 0.274. The SMILES string of the molecule is CCC(CNC)(c1ccccc1)C(C)C. The number of hydrogen-bond donors (Lipinski definition) is 1. The molecule has 0 fully saturated rings. The van der Waals surface area contributed by atoms with Crippen LogP contribution in [0.4, 0.5) is 0 Å². The minimum atomic E-state index is 0.274. The molecule has 1 unspecified atom stereocenters. The van der Waals surface area contributed by atoms with Gasteiger partial charge in [-0.3, -0.25) is 0 Å². The van der Waals surface area contributed by atoms with E-state index in [0.717, 1.165) is 6.54 Å². The van der Waals surface area contributed by atoms with Crippen molar-refractivity contribution >= 4 is 0 Å². The van der Waals surface area contributed by atoms with Crippen LogP contribution in [-0.4, -0.2) is 13.6 Å². The third kappa shape index (κ3) is 2.40. The van der Waals surface area contributed by atoms with Crippen molar-refractivity contribution in [2.75, 3.05) is 13.6 Å². The van der Waals surface area contributed by atoms with Crippen molar-refractivity contribution in [3.05, 3.63) is 35.9 Å². The molecule has 0 aromatic heterocycles. The maximum Gasteiger partial charge on any atom is 0.00979 e. The molecule has 1 nitrogen and oxygen atoms in total. The largest absolute Gasteiger partial charge is 0.319 e. The summed E-state index contributed by atoms with van der Waals surface area (Å²) in [5.41, 5.74) is 1.73. The van der Waals surface area contributed by atoms with Gasteiger partial charge in [0.15, 0.2) is 0 Å². The number of benzene rings is 1. The van der Waals surface area contributed by atoms with Gasteiger partial charge in [0.2, 0.25) is 0 Å². The smallest absolute Gasteiger partial charge is 0.00979 e. The van der Waals surface area contributed by atoms with E-state index in [0.29, 0.717) is 5.92 Å². The average molecular weight is 205 g/mol. The number of nitrogens with one attached hydrogen (secondary N) is 1. The van der Waals surface area contributed by atoms with Crippen LogP contribution < -0.4 is 5.32 Å². The van der Waals surface area contributed by atoms with Crippen LogP contribution >= 0.6 is 0 Å². The van der Waals surface area contributed by atoms with Gasteiger partial charge in [-0.1, -0.05) is 51.1 Å². The van der Waals surface area contributed by atoms with Crippen molar-refractivity contribution in [3.63, 3.8) is 0 Å². The summed E-state index contributed by atoms with van der Waals surface area (Å²) in [5, 5.41) is 3.34. The zero-order valence-corrected chi connectivity index (χ0v) is 10.4. The molecule has 0 aliphatic rings. The van der Waals surface area contributed by atoms with Crippen LogP contribution in [-0.2, 0) is 5.41 Å². The average Bonchev–Trinajstić information content (AvgIpc) is 2.26. The Labute approximate surface area is 93.9 Å². The standard InChI is InChI=1S/C14H23N/c1-5-14(11-15-4,12(2)3)13-9-7-6-8-10-13/h6-10,12,15H,5,11H2,1-4H3. The van der Waals surface area contributed by atoms with E-state index in [1.54, 1.807) is 0 Å². The monoisotopic (exact) mass is 205 g/mol. The molecule has 1 N–H and O–H groups in total. The first-order valence-electron chi connectivity index (χ1n) is 5.87. The highest BCUT2D eigenvalue weighted by Crippen LogP contribution is 2.34. The van der Waals surface area contributed by atoms with E-state index < -0.39 is 0 Å². The summed E-state index contributed by atoms with van der Waals surface area (Å²) in [7, 11) is 2.04. The fourth-order valence-corrected chi connectivity index (χ4v) is 2.46. The van der Waals surface area contributed by atoms with Crippen molar-refractivity contribution in [2.45, 2.75) is 32.6 Å². The molecule has 84 valence electrons. The Morgan fingerprint density at radius 1 is 1.20 bits per heavy atom. The van der Waals surface area contributed by atoms with Gasteiger partial charge in [-0.05, 0) is 24.9 Å². The Morgan fingerprint density at radius 3 is 2.20 bits per heavy atom. The highest BCUT2D eigenvalue weighted by molar-refractivity contribution is 5.26. The van der Waals surface area contributed by atoms with Crippen LogP contribution in [0.3, 0.4) is 0 Å². The lowest BCUT2D eigenvalue weighted by molar-refractivity contribution is 0.287. The molecule has 0 aliphatic carbocycles. The van der Waals surface area contributed by atoms with Crippen molar-refractivity contribution in [1.82, 2.24) is 5.32 Å². The first kappa shape index (κ1) is 12.3. The van der Waals surface area contributed by atoms with Crippen LogP contribution in [0, 0.1) is 5.92 Å². The Morgan fingerprint density at radius 2 is 1.80 bits per heavy atom. The maximum absolute atomic E-state index is 3.34. The lowest BCUT2D eigenvalue weighted by Gasteiger charge is -2.37. The quantitative estimate of drug-likeness (QED) is 0.778. The van der Waals surface area contributed by atoms with Gasteiger partial charge in [0.05, 0.1) is 0 Å². The molecule has 0 saturated carbocycles. The highest BCUT2D eigenvalue weighted by atomic mass is 14.8. The predicted molar refractivity (Wildman–Crippen MR) is 67.2 cm³/mol. The summed E-state index contributed by atoms with van der Waals surface area (Å²) in [6.07, 6.45) is 1.18. The van der Waals surface area contributed by atoms with Crippen LogP contribution in [0.25, 0.3) is 0 Å². The molecule has 1 atom stereocenters. The Hall–Kier alpha value is -0.820. The van der Waals surface area contributed by atoms with E-state index in [4.69, 9.17) is 0 Å². The van der Waals surface area contributed by atoms with Gasteiger partial charge in [-0.2, -0.15) is 0 Å². The molecule has 1 rings (SSSR count). The van der Waals surface area contributed by atoms with E-state index >= 15 is 0 Å². The van der Waals surface area contributed by atoms with E-state index in [9.17, 15) is 0 Å². The van der Waals surface area contributed by atoms with Crippen molar-refractivity contribution in [3.8, 4) is 0 Å². The molecular weight excluding hydrogens is 182 g/mol. The van der Waals surface area contributed by atoms with Gasteiger partial charge in [-0.25, -0.2) is 0 Å². The van der Waals surface area contributed by atoms with Gasteiger partial charge in [0.25, 0.3) is 0 Å². The molecule has 0 saturated heterocycles. The van der Waals surface area contributed by atoms with Gasteiger partial charge < -0.3 is 5.32 Å². The first-order valence-corrected chi connectivity index (χ1v) is 5.87. The fraction of sp³-hybridized carbons (Fsp3) is 0.571. The normalized spacial score (nSPS) is 15.3. The summed E-state index contributed by atoms with van der Waals surface area (Å²) >= 11 is 0. The molecule has 0 spiro atoms. The lowest BCUT2D eigenvalue weighted by atomic mass is 9.69. The zero-order valence-electron chi connectivity index (χ0n) is 10.4. The van der Waals surface area contributed by atoms with Crippen LogP contribution in [0.1, 0.15) is 32.8 Å². The second-order valence-corrected chi connectivity index (χ2v) is 4.56. The molecule has 0 radical (unpaired) electrons. The Balaban J connectivity index is 3.09. The summed E-state index contributed by atoms with van der Waals surface area (Å²) in [6.45, 7) is 7.96. The van der Waals surface area contributed by atoms with Gasteiger partial charge in [0, 0.05) is 12.0 Å². The maximum atomic E-state index is 3.34. The molecule has 0 aliphatic heterocycles. The lowest BCUT2D eigenvalue weighted by Crippen LogP contribution is -2.40. The summed E-state index contributed by atoms with van der Waals surface area (Å²) in [6, 6.07) is 10.9. The number of rotatable bonds is 5. The fourth-order valence-electron chi connectivity index (χ4n) is 2.46. The third-order valence-corrected chi connectivity index (χ3v) is 3.58. The van der Waals surface area contributed by atoms with E-state index in [1.165, 1.54) is 12.0 Å². The third-order valence-electron chi connectivity index (χ3n) is 3.58. The first-order chi connectivity index (χ1) is 7.17. The van der Waals surface area contributed by atoms with Gasteiger partial charge in [0.1, 0.15) is 0 Å². The van der Waals surface area contributed by atoms with Gasteiger partial charge >= 0.3 is 0 Å². The molecular formula is C14H23N. The van der Waals surface area contributed by atoms with Crippen LogP contribution in [0.2, 0.25) is 0 Å². The second kappa shape index (κ2) is 5.32. The van der Waals surface area contributed by atoms with Crippen LogP contribution in [0.5, 0.6) is 0 Å².